The SMILES string of the molecule is CNc1nc(-c2cccc(C)c2)ncc1I. The van der Waals surface area contributed by atoms with Crippen LogP contribution in [0.5, 0.6) is 0 Å². The molecule has 1 heterocycles. The molecular weight excluding hydrogens is 313 g/mol. The molecule has 0 saturated heterocycles. The van der Waals surface area contributed by atoms with Crippen LogP contribution in [0.4, 0.5) is 5.82 Å². The molecular formula is C12H12IN3. The van der Waals surface area contributed by atoms with Crippen LogP contribution in [0.3, 0.4) is 0 Å². The van der Waals surface area contributed by atoms with Gasteiger partial charge in [0.25, 0.3) is 0 Å². The molecule has 2 rings (SSSR count). The fourth-order valence-corrected chi connectivity index (χ4v) is 2.00. The molecule has 82 valence electrons. The predicted molar refractivity (Wildman–Crippen MR) is 74.5 cm³/mol. The van der Waals surface area contributed by atoms with E-state index in [2.05, 4.69) is 56.9 Å². The van der Waals surface area contributed by atoms with E-state index in [1.807, 2.05) is 25.4 Å². The minimum atomic E-state index is 0.758. The van der Waals surface area contributed by atoms with Crippen LogP contribution in [-0.2, 0) is 0 Å². The van der Waals surface area contributed by atoms with Crippen molar-refractivity contribution in [2.24, 2.45) is 0 Å². The molecule has 3 nitrogen and oxygen atoms in total. The van der Waals surface area contributed by atoms with Crippen LogP contribution in [0.1, 0.15) is 5.56 Å². The second-order valence-electron chi connectivity index (χ2n) is 3.51. The Morgan fingerprint density at radius 3 is 2.81 bits per heavy atom. The Hall–Kier alpha value is -1.17. The Bertz CT molecular complexity index is 511. The van der Waals surface area contributed by atoms with Crippen LogP contribution in [-0.4, -0.2) is 17.0 Å². The quantitative estimate of drug-likeness (QED) is 0.862. The van der Waals surface area contributed by atoms with E-state index in [4.69, 9.17) is 0 Å². The van der Waals surface area contributed by atoms with E-state index in [1.54, 1.807) is 0 Å². The van der Waals surface area contributed by atoms with Crippen molar-refractivity contribution in [3.63, 3.8) is 0 Å². The van der Waals surface area contributed by atoms with Crippen molar-refractivity contribution in [2.75, 3.05) is 12.4 Å². The number of anilines is 1. The predicted octanol–water partition coefficient (Wildman–Crippen LogP) is 3.10. The average molecular weight is 325 g/mol. The van der Waals surface area contributed by atoms with Gasteiger partial charge >= 0.3 is 0 Å². The highest BCUT2D eigenvalue weighted by atomic mass is 127. The first-order valence-corrected chi connectivity index (χ1v) is 6.06. The first kappa shape index (κ1) is 11.3. The van der Waals surface area contributed by atoms with Crippen molar-refractivity contribution in [1.29, 1.82) is 0 Å². The van der Waals surface area contributed by atoms with Gasteiger partial charge in [-0.05, 0) is 35.6 Å². The Kier molecular flexibility index (Phi) is 3.38. The van der Waals surface area contributed by atoms with Crippen molar-refractivity contribution in [2.45, 2.75) is 6.92 Å². The summed E-state index contributed by atoms with van der Waals surface area (Å²) in [6.45, 7) is 2.06. The third kappa shape index (κ3) is 2.32. The molecule has 0 saturated carbocycles. The highest BCUT2D eigenvalue weighted by molar-refractivity contribution is 14.1. The number of nitrogens with zero attached hydrogens (tertiary/aromatic N) is 2. The maximum Gasteiger partial charge on any atom is 0.161 e. The topological polar surface area (TPSA) is 37.8 Å². The summed E-state index contributed by atoms with van der Waals surface area (Å²) >= 11 is 2.22. The van der Waals surface area contributed by atoms with Gasteiger partial charge in [-0.25, -0.2) is 9.97 Å². The maximum absolute atomic E-state index is 4.47. The standard InChI is InChI=1S/C12H12IN3/c1-8-4-3-5-9(6-8)11-15-7-10(13)12(14-2)16-11/h3-7H,1-2H3,(H,14,15,16). The molecule has 0 atom stereocenters. The summed E-state index contributed by atoms with van der Waals surface area (Å²) in [6, 6.07) is 8.19. The minimum absolute atomic E-state index is 0.758. The third-order valence-electron chi connectivity index (χ3n) is 2.26. The van der Waals surface area contributed by atoms with Crippen molar-refractivity contribution >= 4 is 28.4 Å². The van der Waals surface area contributed by atoms with E-state index < -0.39 is 0 Å². The fraction of sp³-hybridized carbons (Fsp3) is 0.167. The summed E-state index contributed by atoms with van der Waals surface area (Å²) in [5, 5.41) is 3.06. The van der Waals surface area contributed by atoms with Gasteiger partial charge in [0.15, 0.2) is 5.82 Å². The Morgan fingerprint density at radius 2 is 2.12 bits per heavy atom. The average Bonchev–Trinajstić information content (AvgIpc) is 2.29. The number of benzene rings is 1. The van der Waals surface area contributed by atoms with Crippen LogP contribution in [0.15, 0.2) is 30.5 Å². The first-order valence-electron chi connectivity index (χ1n) is 4.98. The number of aromatic nitrogens is 2. The van der Waals surface area contributed by atoms with Gasteiger partial charge in [0, 0.05) is 18.8 Å². The molecule has 0 bridgehead atoms. The van der Waals surface area contributed by atoms with Gasteiger partial charge in [0.2, 0.25) is 0 Å². The number of nitrogens with one attached hydrogen (secondary N) is 1. The molecule has 0 aliphatic rings. The summed E-state index contributed by atoms with van der Waals surface area (Å²) in [7, 11) is 1.87. The molecule has 0 amide bonds. The van der Waals surface area contributed by atoms with E-state index in [9.17, 15) is 0 Å². The molecule has 16 heavy (non-hydrogen) atoms. The maximum atomic E-state index is 4.47. The zero-order valence-electron chi connectivity index (χ0n) is 9.16. The molecule has 0 spiro atoms. The van der Waals surface area contributed by atoms with Crippen molar-refractivity contribution < 1.29 is 0 Å². The van der Waals surface area contributed by atoms with Crippen molar-refractivity contribution in [3.8, 4) is 11.4 Å². The van der Waals surface area contributed by atoms with Gasteiger partial charge in [-0.1, -0.05) is 23.8 Å². The monoisotopic (exact) mass is 325 g/mol. The number of hydrogen-bond acceptors (Lipinski definition) is 3. The Morgan fingerprint density at radius 1 is 1.31 bits per heavy atom. The van der Waals surface area contributed by atoms with Crippen LogP contribution in [0.25, 0.3) is 11.4 Å². The molecule has 0 radical (unpaired) electrons. The number of aryl methyl sites for hydroxylation is 1. The zero-order chi connectivity index (χ0) is 11.5. The van der Waals surface area contributed by atoms with Crippen molar-refractivity contribution in [3.05, 3.63) is 39.6 Å². The van der Waals surface area contributed by atoms with Gasteiger partial charge in [0.1, 0.15) is 5.82 Å². The molecule has 0 aliphatic heterocycles. The molecule has 2 aromatic rings. The Labute approximate surface area is 108 Å². The summed E-state index contributed by atoms with van der Waals surface area (Å²) in [4.78, 5) is 8.81. The molecule has 0 unspecified atom stereocenters. The molecule has 1 aromatic carbocycles. The van der Waals surface area contributed by atoms with Gasteiger partial charge in [-0.3, -0.25) is 0 Å². The van der Waals surface area contributed by atoms with Crippen LogP contribution >= 0.6 is 22.6 Å². The summed E-state index contributed by atoms with van der Waals surface area (Å²) in [5.74, 6) is 1.63. The van der Waals surface area contributed by atoms with Crippen LogP contribution < -0.4 is 5.32 Å². The lowest BCUT2D eigenvalue weighted by Gasteiger charge is -2.05. The number of rotatable bonds is 2. The van der Waals surface area contributed by atoms with Gasteiger partial charge in [-0.15, -0.1) is 0 Å². The smallest absolute Gasteiger partial charge is 0.161 e. The largest absolute Gasteiger partial charge is 0.372 e. The second-order valence-corrected chi connectivity index (χ2v) is 4.67. The summed E-state index contributed by atoms with van der Waals surface area (Å²) in [5.41, 5.74) is 2.26. The van der Waals surface area contributed by atoms with Gasteiger partial charge in [0.05, 0.1) is 3.57 Å². The molecule has 1 aromatic heterocycles. The van der Waals surface area contributed by atoms with E-state index in [1.165, 1.54) is 5.56 Å². The van der Waals surface area contributed by atoms with E-state index in [-0.39, 0.29) is 0 Å². The lowest BCUT2D eigenvalue weighted by Crippen LogP contribution is -1.99. The summed E-state index contributed by atoms with van der Waals surface area (Å²) in [6.07, 6.45) is 1.83. The van der Waals surface area contributed by atoms with Crippen molar-refractivity contribution in [1.82, 2.24) is 9.97 Å². The van der Waals surface area contributed by atoms with Gasteiger partial charge < -0.3 is 5.32 Å². The van der Waals surface area contributed by atoms with E-state index in [0.717, 1.165) is 20.8 Å². The highest BCUT2D eigenvalue weighted by Crippen LogP contribution is 2.20. The lowest BCUT2D eigenvalue weighted by atomic mass is 10.1. The molecule has 0 fully saturated rings. The van der Waals surface area contributed by atoms with Crippen LogP contribution in [0.2, 0.25) is 0 Å². The zero-order valence-corrected chi connectivity index (χ0v) is 11.3. The van der Waals surface area contributed by atoms with Gasteiger partial charge in [-0.2, -0.15) is 0 Å². The van der Waals surface area contributed by atoms with Crippen LogP contribution in [0, 0.1) is 10.5 Å². The third-order valence-corrected chi connectivity index (χ3v) is 3.05. The molecule has 0 aliphatic carbocycles. The number of halogens is 1. The first-order chi connectivity index (χ1) is 7.70. The lowest BCUT2D eigenvalue weighted by molar-refractivity contribution is 1.15. The number of hydrogen-bond donors (Lipinski definition) is 1. The van der Waals surface area contributed by atoms with E-state index in [0.29, 0.717) is 0 Å². The second kappa shape index (κ2) is 4.78. The minimum Gasteiger partial charge on any atom is -0.372 e. The normalized spacial score (nSPS) is 10.2. The fourth-order valence-electron chi connectivity index (χ4n) is 1.47. The summed E-state index contributed by atoms with van der Waals surface area (Å²) < 4.78 is 1.02. The Balaban J connectivity index is 2.48. The molecule has 1 N–H and O–H groups in total. The van der Waals surface area contributed by atoms with E-state index >= 15 is 0 Å². The molecule has 4 heteroatoms. The highest BCUT2D eigenvalue weighted by Gasteiger charge is 2.05.